The summed E-state index contributed by atoms with van der Waals surface area (Å²) in [6, 6.07) is 14.0. The van der Waals surface area contributed by atoms with Gasteiger partial charge in [-0.25, -0.2) is 0 Å². The number of carbonyl (C=O) groups excluding carboxylic acids is 1. The Morgan fingerprint density at radius 2 is 1.80 bits per heavy atom. The number of hydrogen-bond donors (Lipinski definition) is 3. The summed E-state index contributed by atoms with van der Waals surface area (Å²) in [6.45, 7) is 0.823. The summed E-state index contributed by atoms with van der Waals surface area (Å²) in [7, 11) is 1.89. The molecule has 0 saturated carbocycles. The van der Waals surface area contributed by atoms with Crippen LogP contribution >= 0.6 is 0 Å². The third kappa shape index (κ3) is 3.59. The van der Waals surface area contributed by atoms with E-state index < -0.39 is 0 Å². The lowest BCUT2D eigenvalue weighted by atomic mass is 10.0. The summed E-state index contributed by atoms with van der Waals surface area (Å²) in [5.74, 6) is 0.0415. The molecule has 0 atom stereocenters. The fourth-order valence-corrected chi connectivity index (χ4v) is 1.96. The number of benzene rings is 2. The Morgan fingerprint density at radius 3 is 2.50 bits per heavy atom. The van der Waals surface area contributed by atoms with Crippen molar-refractivity contribution in [2.75, 3.05) is 18.9 Å². The molecule has 0 aliphatic heterocycles. The molecule has 0 aromatic heterocycles. The van der Waals surface area contributed by atoms with E-state index in [0.717, 1.165) is 18.5 Å². The minimum atomic E-state index is -0.137. The van der Waals surface area contributed by atoms with Gasteiger partial charge in [-0.3, -0.25) is 4.79 Å². The zero-order valence-corrected chi connectivity index (χ0v) is 11.4. The van der Waals surface area contributed by atoms with Gasteiger partial charge in [0.15, 0.2) is 0 Å². The molecule has 20 heavy (non-hydrogen) atoms. The summed E-state index contributed by atoms with van der Waals surface area (Å²) >= 11 is 0. The number of amides is 1. The highest BCUT2D eigenvalue weighted by molar-refractivity contribution is 6.05. The van der Waals surface area contributed by atoms with Gasteiger partial charge >= 0.3 is 0 Å². The van der Waals surface area contributed by atoms with Crippen LogP contribution in [0.15, 0.2) is 48.5 Å². The SMILES string of the molecule is CNCCc1ccccc1C(=O)Nc1ccc(O)cc1. The third-order valence-electron chi connectivity index (χ3n) is 3.03. The van der Waals surface area contributed by atoms with Crippen LogP contribution in [0.4, 0.5) is 5.69 Å². The predicted molar refractivity (Wildman–Crippen MR) is 80.1 cm³/mol. The Labute approximate surface area is 118 Å². The van der Waals surface area contributed by atoms with Crippen molar-refractivity contribution in [3.8, 4) is 5.75 Å². The molecular weight excluding hydrogens is 252 g/mol. The summed E-state index contributed by atoms with van der Waals surface area (Å²) < 4.78 is 0. The van der Waals surface area contributed by atoms with E-state index in [-0.39, 0.29) is 11.7 Å². The minimum absolute atomic E-state index is 0.137. The maximum atomic E-state index is 12.3. The molecule has 1 amide bonds. The van der Waals surface area contributed by atoms with Crippen molar-refractivity contribution in [3.63, 3.8) is 0 Å². The van der Waals surface area contributed by atoms with E-state index in [1.807, 2.05) is 31.3 Å². The zero-order valence-electron chi connectivity index (χ0n) is 11.4. The molecule has 0 bridgehead atoms. The van der Waals surface area contributed by atoms with Crippen LogP contribution in [-0.2, 0) is 6.42 Å². The standard InChI is InChI=1S/C16H18N2O2/c1-17-11-10-12-4-2-3-5-15(12)16(20)18-13-6-8-14(19)9-7-13/h2-9,17,19H,10-11H2,1H3,(H,18,20). The molecule has 0 aliphatic rings. The number of nitrogens with one attached hydrogen (secondary N) is 2. The first kappa shape index (κ1) is 14.1. The first-order valence-corrected chi connectivity index (χ1v) is 6.53. The van der Waals surface area contributed by atoms with E-state index >= 15 is 0 Å². The van der Waals surface area contributed by atoms with Gasteiger partial charge in [0.1, 0.15) is 5.75 Å². The number of hydrogen-bond acceptors (Lipinski definition) is 3. The quantitative estimate of drug-likeness (QED) is 0.731. The largest absolute Gasteiger partial charge is 0.508 e. The molecule has 0 aliphatic carbocycles. The Balaban J connectivity index is 2.14. The van der Waals surface area contributed by atoms with Gasteiger partial charge in [-0.15, -0.1) is 0 Å². The van der Waals surface area contributed by atoms with Gasteiger partial charge in [0.05, 0.1) is 0 Å². The molecule has 4 heteroatoms. The van der Waals surface area contributed by atoms with Crippen LogP contribution in [0.25, 0.3) is 0 Å². The maximum absolute atomic E-state index is 12.3. The first-order valence-electron chi connectivity index (χ1n) is 6.53. The Kier molecular flexibility index (Phi) is 4.74. The predicted octanol–water partition coefficient (Wildman–Crippen LogP) is 2.41. The van der Waals surface area contributed by atoms with Crippen molar-refractivity contribution in [1.82, 2.24) is 5.32 Å². The summed E-state index contributed by atoms with van der Waals surface area (Å²) in [5.41, 5.74) is 2.35. The summed E-state index contributed by atoms with van der Waals surface area (Å²) in [6.07, 6.45) is 0.801. The molecule has 0 fully saturated rings. The molecule has 2 aromatic carbocycles. The van der Waals surface area contributed by atoms with E-state index in [4.69, 9.17) is 0 Å². The van der Waals surface area contributed by atoms with Crippen LogP contribution in [0.1, 0.15) is 15.9 Å². The number of phenols is 1. The second-order valence-electron chi connectivity index (χ2n) is 4.51. The molecule has 4 nitrogen and oxygen atoms in total. The molecule has 0 spiro atoms. The van der Waals surface area contributed by atoms with Crippen LogP contribution in [0, 0.1) is 0 Å². The van der Waals surface area contributed by atoms with Crippen LogP contribution in [0.5, 0.6) is 5.75 Å². The second-order valence-corrected chi connectivity index (χ2v) is 4.51. The van der Waals surface area contributed by atoms with Crippen LogP contribution in [-0.4, -0.2) is 24.6 Å². The molecular formula is C16H18N2O2. The number of likely N-dealkylation sites (N-methyl/N-ethyl adjacent to an activating group) is 1. The van der Waals surface area contributed by atoms with Crippen molar-refractivity contribution in [2.45, 2.75) is 6.42 Å². The normalized spacial score (nSPS) is 10.2. The van der Waals surface area contributed by atoms with Crippen molar-refractivity contribution in [2.24, 2.45) is 0 Å². The highest BCUT2D eigenvalue weighted by Crippen LogP contribution is 2.16. The Bertz CT molecular complexity index is 579. The minimum Gasteiger partial charge on any atom is -0.508 e. The monoisotopic (exact) mass is 270 g/mol. The number of rotatable bonds is 5. The molecule has 3 N–H and O–H groups in total. The van der Waals surface area contributed by atoms with E-state index in [0.29, 0.717) is 11.3 Å². The number of phenolic OH excluding ortho intramolecular Hbond substituents is 1. The van der Waals surface area contributed by atoms with E-state index in [1.54, 1.807) is 24.3 Å². The fourth-order valence-electron chi connectivity index (χ4n) is 1.96. The van der Waals surface area contributed by atoms with Gasteiger partial charge in [0.2, 0.25) is 0 Å². The van der Waals surface area contributed by atoms with E-state index in [2.05, 4.69) is 10.6 Å². The smallest absolute Gasteiger partial charge is 0.255 e. The van der Waals surface area contributed by atoms with Crippen LogP contribution < -0.4 is 10.6 Å². The third-order valence-corrected chi connectivity index (χ3v) is 3.03. The summed E-state index contributed by atoms with van der Waals surface area (Å²) in [4.78, 5) is 12.3. The van der Waals surface area contributed by atoms with Gasteiger partial charge in [0, 0.05) is 11.3 Å². The molecule has 2 aromatic rings. The van der Waals surface area contributed by atoms with Crippen molar-refractivity contribution in [3.05, 3.63) is 59.7 Å². The number of carbonyl (C=O) groups is 1. The maximum Gasteiger partial charge on any atom is 0.255 e. The molecule has 2 rings (SSSR count). The molecule has 0 heterocycles. The Hall–Kier alpha value is -2.33. The van der Waals surface area contributed by atoms with Crippen molar-refractivity contribution < 1.29 is 9.90 Å². The van der Waals surface area contributed by atoms with Gasteiger partial charge in [0.25, 0.3) is 5.91 Å². The highest BCUT2D eigenvalue weighted by Gasteiger charge is 2.10. The summed E-state index contributed by atoms with van der Waals surface area (Å²) in [5, 5.41) is 15.1. The van der Waals surface area contributed by atoms with Crippen LogP contribution in [0.2, 0.25) is 0 Å². The highest BCUT2D eigenvalue weighted by atomic mass is 16.3. The van der Waals surface area contributed by atoms with E-state index in [1.165, 1.54) is 0 Å². The zero-order chi connectivity index (χ0) is 14.4. The van der Waals surface area contributed by atoms with Gasteiger partial charge in [-0.05, 0) is 55.9 Å². The number of anilines is 1. The molecule has 104 valence electrons. The molecule has 0 radical (unpaired) electrons. The average Bonchev–Trinajstić information content (AvgIpc) is 2.47. The molecule has 0 unspecified atom stereocenters. The van der Waals surface area contributed by atoms with Gasteiger partial charge < -0.3 is 15.7 Å². The Morgan fingerprint density at radius 1 is 1.10 bits per heavy atom. The van der Waals surface area contributed by atoms with Crippen LogP contribution in [0.3, 0.4) is 0 Å². The van der Waals surface area contributed by atoms with Crippen molar-refractivity contribution in [1.29, 1.82) is 0 Å². The first-order chi connectivity index (χ1) is 9.70. The lowest BCUT2D eigenvalue weighted by molar-refractivity contribution is 0.102. The van der Waals surface area contributed by atoms with Gasteiger partial charge in [-0.1, -0.05) is 18.2 Å². The second kappa shape index (κ2) is 6.73. The van der Waals surface area contributed by atoms with E-state index in [9.17, 15) is 9.90 Å². The average molecular weight is 270 g/mol. The van der Waals surface area contributed by atoms with Crippen molar-refractivity contribution >= 4 is 11.6 Å². The van der Waals surface area contributed by atoms with Gasteiger partial charge in [-0.2, -0.15) is 0 Å². The lowest BCUT2D eigenvalue weighted by Crippen LogP contribution is -2.17. The number of aromatic hydroxyl groups is 1. The lowest BCUT2D eigenvalue weighted by Gasteiger charge is -2.10. The fraction of sp³-hybridized carbons (Fsp3) is 0.188. The topological polar surface area (TPSA) is 61.4 Å². The molecule has 0 saturated heterocycles.